The second-order valence-corrected chi connectivity index (χ2v) is 7.80. The van der Waals surface area contributed by atoms with E-state index in [1.165, 1.54) is 20.6 Å². The molecule has 118 valence electrons. The maximum Gasteiger partial charge on any atom is 0.121 e. The smallest absolute Gasteiger partial charge is 0.121 e. The Kier molecular flexibility index (Phi) is 5.58. The highest BCUT2D eigenvalue weighted by atomic mass is 32.2. The van der Waals surface area contributed by atoms with E-state index in [-0.39, 0.29) is 1.43 Å². The lowest BCUT2D eigenvalue weighted by Crippen LogP contribution is -2.36. The Morgan fingerprint density at radius 3 is 3.05 bits per heavy atom. The van der Waals surface area contributed by atoms with E-state index in [0.29, 0.717) is 5.92 Å². The predicted octanol–water partition coefficient (Wildman–Crippen LogP) is 4.08. The topological polar surface area (TPSA) is 39.7 Å². The van der Waals surface area contributed by atoms with Gasteiger partial charge in [-0.2, -0.15) is 0 Å². The van der Waals surface area contributed by atoms with Crippen molar-refractivity contribution in [3.8, 4) is 0 Å². The molecule has 0 aromatic carbocycles. The summed E-state index contributed by atoms with van der Waals surface area (Å²) in [6.45, 7) is 7.43. The van der Waals surface area contributed by atoms with Gasteiger partial charge in [0, 0.05) is 33.2 Å². The molecular weight excluding hydrogens is 300 g/mol. The molecule has 0 fully saturated rings. The molecule has 2 rings (SSSR count). The van der Waals surface area contributed by atoms with E-state index in [0.717, 1.165) is 18.1 Å². The molecule has 0 saturated heterocycles. The molecule has 0 saturated carbocycles. The lowest BCUT2D eigenvalue weighted by Gasteiger charge is -2.30. The van der Waals surface area contributed by atoms with Crippen LogP contribution in [0.5, 0.6) is 0 Å². The van der Waals surface area contributed by atoms with Crippen LogP contribution in [0.1, 0.15) is 22.2 Å². The fourth-order valence-corrected chi connectivity index (χ4v) is 4.37. The normalized spacial score (nSPS) is 17.1. The van der Waals surface area contributed by atoms with Crippen LogP contribution in [0.25, 0.3) is 0 Å². The lowest BCUT2D eigenvalue weighted by atomic mass is 10.3. The molecular formula is C15H26N4S2. The van der Waals surface area contributed by atoms with Crippen LogP contribution in [0.4, 0.5) is 10.7 Å². The van der Waals surface area contributed by atoms with Crippen LogP contribution in [0.3, 0.4) is 0 Å². The molecule has 0 amide bonds. The Balaban J connectivity index is 0.00000242. The van der Waals surface area contributed by atoms with Gasteiger partial charge in [-0.15, -0.1) is 23.1 Å². The highest BCUT2D eigenvalue weighted by Crippen LogP contribution is 2.44. The van der Waals surface area contributed by atoms with E-state index in [4.69, 9.17) is 0 Å². The second-order valence-electron chi connectivity index (χ2n) is 5.44. The van der Waals surface area contributed by atoms with Crippen molar-refractivity contribution < 1.29 is 1.43 Å². The number of hydrogen-bond donors (Lipinski definition) is 2. The number of allylic oxidation sites excluding steroid dienone is 1. The van der Waals surface area contributed by atoms with Crippen LogP contribution in [0, 0.1) is 5.92 Å². The van der Waals surface area contributed by atoms with Crippen molar-refractivity contribution in [3.63, 3.8) is 0 Å². The summed E-state index contributed by atoms with van der Waals surface area (Å²) in [5.41, 5.74) is 2.37. The minimum Gasteiger partial charge on any atom is -0.393 e. The summed E-state index contributed by atoms with van der Waals surface area (Å²) in [6, 6.07) is 2.25. The number of anilines is 2. The van der Waals surface area contributed by atoms with Gasteiger partial charge in [0.05, 0.1) is 16.4 Å². The summed E-state index contributed by atoms with van der Waals surface area (Å²) >= 11 is 3.79. The van der Waals surface area contributed by atoms with Gasteiger partial charge in [0.2, 0.25) is 0 Å². The number of nitrogens with zero attached hydrogens (tertiary/aromatic N) is 2. The first kappa shape index (κ1) is 16.2. The first-order chi connectivity index (χ1) is 10.0. The Hall–Kier alpha value is -1.14. The molecule has 0 spiro atoms. The first-order valence-corrected chi connectivity index (χ1v) is 8.96. The molecule has 0 aliphatic carbocycles. The number of rotatable bonds is 5. The number of thioether (sulfide) groups is 1. The minimum absolute atomic E-state index is 0. The summed E-state index contributed by atoms with van der Waals surface area (Å²) in [4.78, 5) is 6.65. The number of thiophene rings is 1. The van der Waals surface area contributed by atoms with Gasteiger partial charge in [-0.05, 0) is 18.9 Å². The molecule has 1 aromatic rings. The molecule has 21 heavy (non-hydrogen) atoms. The van der Waals surface area contributed by atoms with E-state index in [2.05, 4.69) is 47.4 Å². The van der Waals surface area contributed by atoms with Crippen molar-refractivity contribution in [1.29, 1.82) is 0 Å². The van der Waals surface area contributed by atoms with Crippen molar-refractivity contribution in [1.82, 2.24) is 5.32 Å². The van der Waals surface area contributed by atoms with Crippen molar-refractivity contribution in [2.75, 3.05) is 36.6 Å². The van der Waals surface area contributed by atoms with Crippen LogP contribution in [-0.2, 0) is 0 Å². The summed E-state index contributed by atoms with van der Waals surface area (Å²) in [6.07, 6.45) is 2.03. The third kappa shape index (κ3) is 3.95. The van der Waals surface area contributed by atoms with Gasteiger partial charge in [0.25, 0.3) is 0 Å². The standard InChI is InChI=1S/C15H24N4S2.H2/c1-10(2)9-20-14-6-12-15(21-14)19(11(3)7-16-4)8-13(17-5)18-12;/h6-7,10,16H,8-9H2,1-5H3,(H,17,18);1H/b11-7-;. The van der Waals surface area contributed by atoms with Crippen LogP contribution in [-0.4, -0.2) is 32.2 Å². The zero-order chi connectivity index (χ0) is 15.4. The number of nitrogens with one attached hydrogen (secondary N) is 2. The lowest BCUT2D eigenvalue weighted by molar-refractivity contribution is 0.750. The average Bonchev–Trinajstić information content (AvgIpc) is 2.86. The SMILES string of the molecule is CN=C1CN(/C(C)=C\NC)c2sc(SCC(C)C)cc2N1.[HH]. The molecule has 1 aromatic heterocycles. The van der Waals surface area contributed by atoms with Gasteiger partial charge in [-0.1, -0.05) is 13.8 Å². The zero-order valence-electron chi connectivity index (χ0n) is 13.4. The van der Waals surface area contributed by atoms with Gasteiger partial charge < -0.3 is 15.5 Å². The van der Waals surface area contributed by atoms with E-state index in [1.807, 2.05) is 43.4 Å². The van der Waals surface area contributed by atoms with E-state index in [9.17, 15) is 0 Å². The van der Waals surface area contributed by atoms with Crippen LogP contribution >= 0.6 is 23.1 Å². The fourth-order valence-electron chi connectivity index (χ4n) is 2.08. The number of hydrogen-bond acceptors (Lipinski definition) is 5. The summed E-state index contributed by atoms with van der Waals surface area (Å²) in [5.74, 6) is 2.86. The van der Waals surface area contributed by atoms with Crippen molar-refractivity contribution in [2.45, 2.75) is 25.0 Å². The Bertz CT molecular complexity index is 552. The zero-order valence-corrected chi connectivity index (χ0v) is 15.0. The van der Waals surface area contributed by atoms with E-state index >= 15 is 0 Å². The average molecular weight is 327 g/mol. The fraction of sp³-hybridized carbons (Fsp3) is 0.533. The summed E-state index contributed by atoms with van der Waals surface area (Å²) in [7, 11) is 3.77. The minimum atomic E-state index is 0. The number of aliphatic imine (C=N–C) groups is 1. The summed E-state index contributed by atoms with van der Waals surface area (Å²) < 4.78 is 1.36. The maximum atomic E-state index is 4.34. The highest BCUT2D eigenvalue weighted by Gasteiger charge is 2.24. The Morgan fingerprint density at radius 2 is 2.43 bits per heavy atom. The third-order valence-corrected chi connectivity index (χ3v) is 5.92. The monoisotopic (exact) mass is 326 g/mol. The molecule has 1 aliphatic rings. The predicted molar refractivity (Wildman–Crippen MR) is 99.1 cm³/mol. The molecule has 0 unspecified atom stereocenters. The molecule has 0 bridgehead atoms. The first-order valence-electron chi connectivity index (χ1n) is 7.16. The maximum absolute atomic E-state index is 4.34. The Morgan fingerprint density at radius 1 is 1.67 bits per heavy atom. The molecule has 0 atom stereocenters. The number of fused-ring (bicyclic) bond motifs is 1. The van der Waals surface area contributed by atoms with Gasteiger partial charge >= 0.3 is 0 Å². The molecule has 4 nitrogen and oxygen atoms in total. The van der Waals surface area contributed by atoms with E-state index < -0.39 is 0 Å². The molecule has 2 N–H and O–H groups in total. The van der Waals surface area contributed by atoms with Crippen molar-refractivity contribution in [3.05, 3.63) is 18.0 Å². The van der Waals surface area contributed by atoms with Crippen molar-refractivity contribution in [2.24, 2.45) is 10.9 Å². The van der Waals surface area contributed by atoms with Gasteiger partial charge in [0.1, 0.15) is 10.8 Å². The third-order valence-electron chi connectivity index (χ3n) is 3.13. The van der Waals surface area contributed by atoms with Crippen LogP contribution < -0.4 is 15.5 Å². The van der Waals surface area contributed by atoms with Crippen LogP contribution in [0.2, 0.25) is 0 Å². The molecule has 1 aliphatic heterocycles. The van der Waals surface area contributed by atoms with Gasteiger partial charge in [-0.25, -0.2) is 0 Å². The quantitative estimate of drug-likeness (QED) is 0.800. The molecule has 2 heterocycles. The highest BCUT2D eigenvalue weighted by molar-refractivity contribution is 8.01. The van der Waals surface area contributed by atoms with E-state index in [1.54, 1.807) is 0 Å². The largest absolute Gasteiger partial charge is 0.393 e. The Labute approximate surface area is 137 Å². The molecule has 6 heteroatoms. The summed E-state index contributed by atoms with van der Waals surface area (Å²) in [5, 5.41) is 7.83. The van der Waals surface area contributed by atoms with Gasteiger partial charge in [-0.3, -0.25) is 4.99 Å². The van der Waals surface area contributed by atoms with Crippen LogP contribution in [0.15, 0.2) is 27.2 Å². The van der Waals surface area contributed by atoms with Crippen molar-refractivity contribution >= 4 is 39.6 Å². The second kappa shape index (κ2) is 7.22. The molecule has 0 radical (unpaired) electrons. The van der Waals surface area contributed by atoms with Gasteiger partial charge in [0.15, 0.2) is 0 Å². The number of amidine groups is 1.